The highest BCUT2D eigenvalue weighted by Crippen LogP contribution is 2.27. The number of hydrogen-bond donors (Lipinski definition) is 1. The molecule has 1 saturated heterocycles. The van der Waals surface area contributed by atoms with Crippen LogP contribution in [-0.2, 0) is 0 Å². The normalized spacial score (nSPS) is 18.8. The SMILES string of the molecule is Cc1cc(Cl)ccc1OC1(C)CNC1. The van der Waals surface area contributed by atoms with Crippen LogP contribution in [0.3, 0.4) is 0 Å². The van der Waals surface area contributed by atoms with Gasteiger partial charge >= 0.3 is 0 Å². The minimum Gasteiger partial charge on any atom is -0.485 e. The van der Waals surface area contributed by atoms with Crippen LogP contribution in [0.2, 0.25) is 5.02 Å². The Morgan fingerprint density at radius 3 is 2.64 bits per heavy atom. The molecule has 0 unspecified atom stereocenters. The average molecular weight is 212 g/mol. The number of rotatable bonds is 2. The molecule has 1 aromatic rings. The third kappa shape index (κ3) is 1.86. The van der Waals surface area contributed by atoms with Gasteiger partial charge in [0.2, 0.25) is 0 Å². The third-order valence-corrected chi connectivity index (χ3v) is 2.73. The van der Waals surface area contributed by atoms with E-state index in [9.17, 15) is 0 Å². The number of ether oxygens (including phenoxy) is 1. The maximum Gasteiger partial charge on any atom is 0.131 e. The summed E-state index contributed by atoms with van der Waals surface area (Å²) < 4.78 is 5.90. The van der Waals surface area contributed by atoms with E-state index >= 15 is 0 Å². The van der Waals surface area contributed by atoms with E-state index in [1.165, 1.54) is 0 Å². The molecule has 1 N–H and O–H groups in total. The van der Waals surface area contributed by atoms with E-state index in [0.717, 1.165) is 29.4 Å². The molecule has 1 heterocycles. The van der Waals surface area contributed by atoms with Gasteiger partial charge in [-0.15, -0.1) is 0 Å². The van der Waals surface area contributed by atoms with Crippen molar-refractivity contribution in [2.75, 3.05) is 13.1 Å². The van der Waals surface area contributed by atoms with E-state index in [1.807, 2.05) is 25.1 Å². The number of hydrogen-bond acceptors (Lipinski definition) is 2. The molecule has 0 saturated carbocycles. The number of aryl methyl sites for hydroxylation is 1. The van der Waals surface area contributed by atoms with Gasteiger partial charge in [-0.1, -0.05) is 11.6 Å². The lowest BCUT2D eigenvalue weighted by Gasteiger charge is -2.39. The Hall–Kier alpha value is -0.730. The Kier molecular flexibility index (Phi) is 2.41. The number of halogens is 1. The highest BCUT2D eigenvalue weighted by atomic mass is 35.5. The minimum atomic E-state index is -0.0431. The maximum absolute atomic E-state index is 5.90. The molecule has 14 heavy (non-hydrogen) atoms. The van der Waals surface area contributed by atoms with Crippen LogP contribution in [0.4, 0.5) is 0 Å². The topological polar surface area (TPSA) is 21.3 Å². The molecule has 0 atom stereocenters. The number of benzene rings is 1. The van der Waals surface area contributed by atoms with Crippen molar-refractivity contribution >= 4 is 11.6 Å². The van der Waals surface area contributed by atoms with Crippen LogP contribution >= 0.6 is 11.6 Å². The highest BCUT2D eigenvalue weighted by Gasteiger charge is 2.34. The molecule has 0 spiro atoms. The molecule has 1 aromatic carbocycles. The van der Waals surface area contributed by atoms with Gasteiger partial charge in [0.15, 0.2) is 0 Å². The van der Waals surface area contributed by atoms with Crippen molar-refractivity contribution in [3.63, 3.8) is 0 Å². The minimum absolute atomic E-state index is 0.0431. The molecule has 1 aliphatic rings. The molecule has 2 rings (SSSR count). The van der Waals surface area contributed by atoms with Crippen LogP contribution < -0.4 is 10.1 Å². The van der Waals surface area contributed by atoms with Crippen molar-refractivity contribution in [3.05, 3.63) is 28.8 Å². The Labute approximate surface area is 89.2 Å². The smallest absolute Gasteiger partial charge is 0.131 e. The Balaban J connectivity index is 2.16. The third-order valence-electron chi connectivity index (χ3n) is 2.49. The maximum atomic E-state index is 5.90. The van der Waals surface area contributed by atoms with Crippen molar-refractivity contribution in [1.29, 1.82) is 0 Å². The van der Waals surface area contributed by atoms with E-state index in [-0.39, 0.29) is 5.60 Å². The van der Waals surface area contributed by atoms with E-state index in [1.54, 1.807) is 0 Å². The summed E-state index contributed by atoms with van der Waals surface area (Å²) in [7, 11) is 0. The molecule has 1 aliphatic heterocycles. The molecule has 2 nitrogen and oxygen atoms in total. The standard InChI is InChI=1S/C11H14ClNO/c1-8-5-9(12)3-4-10(8)14-11(2)6-13-7-11/h3-5,13H,6-7H2,1-2H3. The van der Waals surface area contributed by atoms with E-state index in [2.05, 4.69) is 12.2 Å². The molecule has 76 valence electrons. The Morgan fingerprint density at radius 1 is 1.43 bits per heavy atom. The first-order valence-electron chi connectivity index (χ1n) is 4.75. The summed E-state index contributed by atoms with van der Waals surface area (Å²) in [5.41, 5.74) is 1.05. The predicted molar refractivity (Wildman–Crippen MR) is 58.1 cm³/mol. The van der Waals surface area contributed by atoms with E-state index < -0.39 is 0 Å². The first-order chi connectivity index (χ1) is 6.59. The summed E-state index contributed by atoms with van der Waals surface area (Å²) in [6.07, 6.45) is 0. The fourth-order valence-electron chi connectivity index (χ4n) is 1.54. The van der Waals surface area contributed by atoms with Crippen LogP contribution in [0, 0.1) is 6.92 Å². The largest absolute Gasteiger partial charge is 0.485 e. The fraction of sp³-hybridized carbons (Fsp3) is 0.455. The molecule has 0 aliphatic carbocycles. The summed E-state index contributed by atoms with van der Waals surface area (Å²) in [5.74, 6) is 0.929. The first-order valence-corrected chi connectivity index (χ1v) is 5.13. The van der Waals surface area contributed by atoms with Crippen LogP contribution in [0.25, 0.3) is 0 Å². The van der Waals surface area contributed by atoms with E-state index in [0.29, 0.717) is 0 Å². The monoisotopic (exact) mass is 211 g/mol. The molecular formula is C11H14ClNO. The Morgan fingerprint density at radius 2 is 2.14 bits per heavy atom. The number of nitrogens with one attached hydrogen (secondary N) is 1. The second-order valence-electron chi connectivity index (χ2n) is 4.07. The molecule has 0 bridgehead atoms. The lowest BCUT2D eigenvalue weighted by molar-refractivity contribution is 0.0342. The summed E-state index contributed by atoms with van der Waals surface area (Å²) in [6, 6.07) is 5.72. The second kappa shape index (κ2) is 3.44. The first kappa shape index (κ1) is 9.81. The molecule has 0 radical (unpaired) electrons. The summed E-state index contributed by atoms with van der Waals surface area (Å²) in [5, 5.41) is 3.96. The average Bonchev–Trinajstić information content (AvgIpc) is 2.07. The predicted octanol–water partition coefficient (Wildman–Crippen LogP) is 2.39. The molecule has 1 fully saturated rings. The van der Waals surface area contributed by atoms with Crippen LogP contribution in [0.1, 0.15) is 12.5 Å². The lowest BCUT2D eigenvalue weighted by atomic mass is 10.00. The zero-order chi connectivity index (χ0) is 10.2. The van der Waals surface area contributed by atoms with Gasteiger partial charge in [0.25, 0.3) is 0 Å². The van der Waals surface area contributed by atoms with Gasteiger partial charge in [0, 0.05) is 18.1 Å². The lowest BCUT2D eigenvalue weighted by Crippen LogP contribution is -2.61. The summed E-state index contributed by atoms with van der Waals surface area (Å²) in [6.45, 7) is 5.94. The summed E-state index contributed by atoms with van der Waals surface area (Å²) >= 11 is 5.87. The highest BCUT2D eigenvalue weighted by molar-refractivity contribution is 6.30. The van der Waals surface area contributed by atoms with Gasteiger partial charge in [-0.05, 0) is 37.6 Å². The zero-order valence-corrected chi connectivity index (χ0v) is 9.19. The van der Waals surface area contributed by atoms with Crippen molar-refractivity contribution in [2.45, 2.75) is 19.4 Å². The quantitative estimate of drug-likeness (QED) is 0.811. The van der Waals surface area contributed by atoms with Gasteiger partial charge < -0.3 is 10.1 Å². The molecule has 0 amide bonds. The van der Waals surface area contributed by atoms with Crippen molar-refractivity contribution < 1.29 is 4.74 Å². The molecule has 3 heteroatoms. The Bertz CT molecular complexity index is 347. The van der Waals surface area contributed by atoms with Crippen molar-refractivity contribution in [1.82, 2.24) is 5.32 Å². The van der Waals surface area contributed by atoms with Gasteiger partial charge in [-0.3, -0.25) is 0 Å². The fourth-order valence-corrected chi connectivity index (χ4v) is 1.77. The van der Waals surface area contributed by atoms with Crippen LogP contribution in [0.15, 0.2) is 18.2 Å². The summed E-state index contributed by atoms with van der Waals surface area (Å²) in [4.78, 5) is 0. The van der Waals surface area contributed by atoms with Crippen molar-refractivity contribution in [3.8, 4) is 5.75 Å². The second-order valence-corrected chi connectivity index (χ2v) is 4.50. The van der Waals surface area contributed by atoms with Gasteiger partial charge in [0.1, 0.15) is 11.4 Å². The molecular weight excluding hydrogens is 198 g/mol. The van der Waals surface area contributed by atoms with Gasteiger partial charge in [-0.25, -0.2) is 0 Å². The van der Waals surface area contributed by atoms with Gasteiger partial charge in [-0.2, -0.15) is 0 Å². The van der Waals surface area contributed by atoms with Crippen LogP contribution in [-0.4, -0.2) is 18.7 Å². The van der Waals surface area contributed by atoms with Crippen LogP contribution in [0.5, 0.6) is 5.75 Å². The molecule has 0 aromatic heterocycles. The zero-order valence-electron chi connectivity index (χ0n) is 8.43. The van der Waals surface area contributed by atoms with Gasteiger partial charge in [0.05, 0.1) is 0 Å². The van der Waals surface area contributed by atoms with Crippen molar-refractivity contribution in [2.24, 2.45) is 0 Å². The van der Waals surface area contributed by atoms with E-state index in [4.69, 9.17) is 16.3 Å².